The number of phenolic OH excluding ortho intramolecular Hbond substituents is 1. The van der Waals surface area contributed by atoms with Gasteiger partial charge < -0.3 is 20.1 Å². The van der Waals surface area contributed by atoms with E-state index >= 15 is 9.59 Å². The number of rotatable bonds is 6. The number of Topliss-reactive ketones (excluding diaryl/α,β-unsaturated/α-hetero) is 1. The molecule has 0 saturated carbocycles. The van der Waals surface area contributed by atoms with Gasteiger partial charge in [0.2, 0.25) is 0 Å². The Morgan fingerprint density at radius 3 is 1.22 bits per heavy atom. The Balaban J connectivity index is 1.26. The molecule has 274 valence electrons. The topological polar surface area (TPSA) is 102 Å². The zero-order valence-corrected chi connectivity index (χ0v) is 31.0. The normalized spacial score (nSPS) is 12.7. The summed E-state index contributed by atoms with van der Waals surface area (Å²) >= 11 is 0. The van der Waals surface area contributed by atoms with Crippen LogP contribution in [0.5, 0.6) is 5.75 Å². The summed E-state index contributed by atoms with van der Waals surface area (Å²) in [4.78, 5) is 41.5. The third kappa shape index (κ3) is 5.05. The molecule has 1 aliphatic rings. The van der Waals surface area contributed by atoms with Crippen molar-refractivity contribution in [3.63, 3.8) is 0 Å². The molecule has 0 saturated heterocycles. The quantitative estimate of drug-likeness (QED) is 0.136. The van der Waals surface area contributed by atoms with Crippen molar-refractivity contribution in [2.75, 3.05) is 0 Å². The molecule has 0 fully saturated rings. The molecule has 0 bridgehead atoms. The predicted molar refractivity (Wildman–Crippen MR) is 234 cm³/mol. The number of para-hydroxylation sites is 3. The number of phenols is 1. The lowest BCUT2D eigenvalue weighted by molar-refractivity contribution is 0.1000. The van der Waals surface area contributed by atoms with Gasteiger partial charge in [0, 0.05) is 66.1 Å². The highest BCUT2D eigenvalue weighted by molar-refractivity contribution is 6.43. The van der Waals surface area contributed by atoms with E-state index in [-0.39, 0.29) is 28.2 Å². The second-order valence-electron chi connectivity index (χ2n) is 14.7. The summed E-state index contributed by atoms with van der Waals surface area (Å²) in [6.07, 6.45) is 1.47. The van der Waals surface area contributed by atoms with Crippen LogP contribution in [0.15, 0.2) is 176 Å². The van der Waals surface area contributed by atoms with Crippen LogP contribution in [-0.4, -0.2) is 31.6 Å². The fourth-order valence-electron chi connectivity index (χ4n) is 8.86. The minimum atomic E-state index is -0.431. The summed E-state index contributed by atoms with van der Waals surface area (Å²) in [6.45, 7) is 0. The van der Waals surface area contributed by atoms with Crippen LogP contribution in [-0.2, 0) is 0 Å². The highest BCUT2D eigenvalue weighted by Crippen LogP contribution is 2.52. The molecule has 58 heavy (non-hydrogen) atoms. The van der Waals surface area contributed by atoms with Gasteiger partial charge in [-0.05, 0) is 52.6 Å². The first-order chi connectivity index (χ1) is 28.5. The number of benzene rings is 7. The Morgan fingerprint density at radius 2 is 0.759 bits per heavy atom. The van der Waals surface area contributed by atoms with Gasteiger partial charge >= 0.3 is 0 Å². The van der Waals surface area contributed by atoms with Crippen LogP contribution in [0.1, 0.15) is 26.3 Å². The van der Waals surface area contributed by atoms with Gasteiger partial charge in [-0.1, -0.05) is 146 Å². The first-order valence-electron chi connectivity index (χ1n) is 19.3. The standard InChI is InChI=1S/C52H33N3O3/c56-42-29-38(45-35-24-12-15-27-41(35)55-50(45)32-20-8-3-9-21-32)52(58)47-46(42)36(43-33-22-10-13-25-39(33)53-48(43)30-16-4-1-5-17-30)28-37(51(47)57)44-34-23-11-14-26-40(34)54-49(44)31-18-6-2-7-19-31/h1-29,53-55,57H. The van der Waals surface area contributed by atoms with Crippen LogP contribution in [0.25, 0.3) is 94.3 Å². The fraction of sp³-hybridized carbons (Fsp3) is 0. The number of ketones is 2. The molecule has 3 aromatic heterocycles. The number of hydrogen-bond donors (Lipinski definition) is 4. The molecular weight excluding hydrogens is 715 g/mol. The first kappa shape index (κ1) is 33.4. The van der Waals surface area contributed by atoms with Crippen molar-refractivity contribution in [2.45, 2.75) is 0 Å². The van der Waals surface area contributed by atoms with Gasteiger partial charge in [-0.25, -0.2) is 0 Å². The predicted octanol–water partition coefficient (Wildman–Crippen LogP) is 12.6. The number of hydrogen-bond acceptors (Lipinski definition) is 3. The van der Waals surface area contributed by atoms with Gasteiger partial charge in [0.1, 0.15) is 5.75 Å². The van der Waals surface area contributed by atoms with Crippen LogP contribution in [0.4, 0.5) is 0 Å². The molecule has 10 aromatic rings. The van der Waals surface area contributed by atoms with Crippen LogP contribution in [0.3, 0.4) is 0 Å². The number of aromatic hydroxyl groups is 1. The van der Waals surface area contributed by atoms with Crippen molar-refractivity contribution in [3.05, 3.63) is 193 Å². The van der Waals surface area contributed by atoms with E-state index in [0.717, 1.165) is 77.6 Å². The Hall–Kier alpha value is -7.96. The zero-order chi connectivity index (χ0) is 38.9. The largest absolute Gasteiger partial charge is 0.506 e. The molecule has 1 aliphatic carbocycles. The number of fused-ring (bicyclic) bond motifs is 4. The number of carbonyl (C=O) groups excluding carboxylic acids is 2. The Kier molecular flexibility index (Phi) is 7.53. The lowest BCUT2D eigenvalue weighted by Gasteiger charge is -2.23. The summed E-state index contributed by atoms with van der Waals surface area (Å²) in [5.41, 5.74) is 11.1. The summed E-state index contributed by atoms with van der Waals surface area (Å²) in [5.74, 6) is -1.04. The summed E-state index contributed by atoms with van der Waals surface area (Å²) in [7, 11) is 0. The number of aromatic amines is 3. The molecule has 6 heteroatoms. The van der Waals surface area contributed by atoms with Gasteiger partial charge in [-0.3, -0.25) is 9.59 Å². The second-order valence-corrected chi connectivity index (χ2v) is 14.7. The lowest BCUT2D eigenvalue weighted by Crippen LogP contribution is -2.18. The summed E-state index contributed by atoms with van der Waals surface area (Å²) in [5, 5.41) is 15.4. The molecule has 6 nitrogen and oxygen atoms in total. The smallest absolute Gasteiger partial charge is 0.198 e. The third-order valence-electron chi connectivity index (χ3n) is 11.4. The molecule has 0 unspecified atom stereocenters. The molecule has 7 aromatic carbocycles. The Bertz CT molecular complexity index is 3310. The number of carbonyl (C=O) groups is 2. The molecule has 11 rings (SSSR count). The van der Waals surface area contributed by atoms with E-state index in [2.05, 4.69) is 15.0 Å². The van der Waals surface area contributed by atoms with Crippen LogP contribution < -0.4 is 0 Å². The third-order valence-corrected chi connectivity index (χ3v) is 11.4. The summed E-state index contributed by atoms with van der Waals surface area (Å²) < 4.78 is 0. The van der Waals surface area contributed by atoms with Crippen molar-refractivity contribution in [1.29, 1.82) is 0 Å². The highest BCUT2D eigenvalue weighted by atomic mass is 16.3. The molecular formula is C52H33N3O3. The average Bonchev–Trinajstić information content (AvgIpc) is 3.98. The van der Waals surface area contributed by atoms with E-state index in [1.54, 1.807) is 0 Å². The van der Waals surface area contributed by atoms with Crippen molar-refractivity contribution in [3.8, 4) is 61.8 Å². The van der Waals surface area contributed by atoms with Crippen molar-refractivity contribution >= 4 is 49.8 Å². The van der Waals surface area contributed by atoms with Gasteiger partial charge in [0.05, 0.1) is 22.6 Å². The highest BCUT2D eigenvalue weighted by Gasteiger charge is 2.37. The van der Waals surface area contributed by atoms with Crippen LogP contribution in [0.2, 0.25) is 0 Å². The first-order valence-corrected chi connectivity index (χ1v) is 19.3. The van der Waals surface area contributed by atoms with E-state index in [1.165, 1.54) is 6.08 Å². The lowest BCUT2D eigenvalue weighted by atomic mass is 9.78. The second kappa shape index (κ2) is 13.1. The van der Waals surface area contributed by atoms with Crippen molar-refractivity contribution < 1.29 is 14.7 Å². The van der Waals surface area contributed by atoms with E-state index in [9.17, 15) is 5.11 Å². The molecule has 0 amide bonds. The minimum absolute atomic E-state index is 0.0205. The Morgan fingerprint density at radius 1 is 0.379 bits per heavy atom. The van der Waals surface area contributed by atoms with Crippen LogP contribution >= 0.6 is 0 Å². The molecule has 0 spiro atoms. The molecule has 0 aliphatic heterocycles. The van der Waals surface area contributed by atoms with E-state index in [1.807, 2.05) is 170 Å². The summed E-state index contributed by atoms with van der Waals surface area (Å²) in [6, 6.07) is 55.4. The van der Waals surface area contributed by atoms with E-state index < -0.39 is 5.78 Å². The SMILES string of the molecule is O=C1C=C(c2c(-c3ccccc3)[nH]c3ccccc23)C(=O)c2c(O)c(-c3c(-c4ccccc4)[nH]c4ccccc34)cc(-c3c(-c4ccccc4)[nH]c4ccccc34)c21. The van der Waals surface area contributed by atoms with E-state index in [0.29, 0.717) is 16.7 Å². The van der Waals surface area contributed by atoms with E-state index in [4.69, 9.17) is 0 Å². The number of H-pyrrole nitrogens is 3. The van der Waals surface area contributed by atoms with Gasteiger partial charge in [-0.2, -0.15) is 0 Å². The number of nitrogens with one attached hydrogen (secondary N) is 3. The van der Waals surface area contributed by atoms with Crippen molar-refractivity contribution in [2.24, 2.45) is 0 Å². The maximum absolute atomic E-state index is 15.6. The fourth-order valence-corrected chi connectivity index (χ4v) is 8.86. The minimum Gasteiger partial charge on any atom is -0.506 e. The Labute approximate surface area is 332 Å². The molecule has 0 radical (unpaired) electrons. The number of allylic oxidation sites excluding steroid dienone is 2. The molecule has 3 heterocycles. The number of aromatic nitrogens is 3. The molecule has 4 N–H and O–H groups in total. The van der Waals surface area contributed by atoms with Gasteiger partial charge in [-0.15, -0.1) is 0 Å². The maximum Gasteiger partial charge on any atom is 0.198 e. The van der Waals surface area contributed by atoms with Crippen molar-refractivity contribution in [1.82, 2.24) is 15.0 Å². The average molecular weight is 748 g/mol. The zero-order valence-electron chi connectivity index (χ0n) is 31.0. The monoisotopic (exact) mass is 747 g/mol. The van der Waals surface area contributed by atoms with Gasteiger partial charge in [0.15, 0.2) is 11.6 Å². The van der Waals surface area contributed by atoms with Crippen LogP contribution in [0, 0.1) is 0 Å². The molecule has 0 atom stereocenters. The van der Waals surface area contributed by atoms with Gasteiger partial charge in [0.25, 0.3) is 0 Å². The maximum atomic E-state index is 15.6.